The van der Waals surface area contributed by atoms with Crippen molar-refractivity contribution in [2.75, 3.05) is 0 Å². The van der Waals surface area contributed by atoms with Gasteiger partial charge in [0.25, 0.3) is 0 Å². The monoisotopic (exact) mass is 482 g/mol. The number of aromatic hydroxyl groups is 2. The number of ether oxygens (including phenoxy) is 1. The van der Waals surface area contributed by atoms with Gasteiger partial charge < -0.3 is 14.9 Å². The summed E-state index contributed by atoms with van der Waals surface area (Å²) in [5.41, 5.74) is 3.06. The van der Waals surface area contributed by atoms with E-state index in [4.69, 9.17) is 4.74 Å². The minimum absolute atomic E-state index is 0.169. The zero-order valence-corrected chi connectivity index (χ0v) is 22.9. The third kappa shape index (κ3) is 8.59. The molecule has 0 saturated heterocycles. The lowest BCUT2D eigenvalue weighted by atomic mass is 9.78. The zero-order chi connectivity index (χ0) is 26.2. The fourth-order valence-electron chi connectivity index (χ4n) is 4.42. The van der Waals surface area contributed by atoms with Crippen LogP contribution in [0.3, 0.4) is 0 Å². The van der Waals surface area contributed by atoms with Crippen LogP contribution in [-0.4, -0.2) is 16.2 Å². The van der Waals surface area contributed by atoms with E-state index in [0.29, 0.717) is 24.2 Å². The van der Waals surface area contributed by atoms with Crippen LogP contribution in [0.25, 0.3) is 0 Å². The molecular weight excluding hydrogens is 436 g/mol. The molecule has 2 rings (SSSR count). The van der Waals surface area contributed by atoms with Crippen LogP contribution in [0.15, 0.2) is 36.4 Å². The van der Waals surface area contributed by atoms with Gasteiger partial charge in [-0.25, -0.2) is 0 Å². The number of benzene rings is 2. The second-order valence-electron chi connectivity index (χ2n) is 11.8. The van der Waals surface area contributed by atoms with Gasteiger partial charge in [-0.2, -0.15) is 0 Å². The summed E-state index contributed by atoms with van der Waals surface area (Å²) in [4.78, 5) is 12.9. The maximum Gasteiger partial charge on any atom is 0.306 e. The van der Waals surface area contributed by atoms with Crippen LogP contribution in [0, 0.1) is 0 Å². The molecule has 0 aliphatic carbocycles. The number of hydrogen-bond acceptors (Lipinski definition) is 4. The average Bonchev–Trinajstić information content (AvgIpc) is 2.76. The van der Waals surface area contributed by atoms with E-state index in [1.54, 1.807) is 12.1 Å². The topological polar surface area (TPSA) is 66.8 Å². The molecule has 0 bridgehead atoms. The van der Waals surface area contributed by atoms with Crippen LogP contribution in [0.1, 0.15) is 122 Å². The number of aryl methyl sites for hydroxylation is 1. The second-order valence-corrected chi connectivity index (χ2v) is 11.8. The van der Waals surface area contributed by atoms with Gasteiger partial charge in [-0.1, -0.05) is 104 Å². The van der Waals surface area contributed by atoms with E-state index in [1.807, 2.05) is 24.3 Å². The van der Waals surface area contributed by atoms with Gasteiger partial charge in [0.15, 0.2) is 0 Å². The van der Waals surface area contributed by atoms with Gasteiger partial charge in [0.05, 0.1) is 0 Å². The van der Waals surface area contributed by atoms with Crippen molar-refractivity contribution < 1.29 is 19.7 Å². The molecule has 0 fully saturated rings. The molecule has 35 heavy (non-hydrogen) atoms. The van der Waals surface area contributed by atoms with Gasteiger partial charge in [-0.3, -0.25) is 4.79 Å². The predicted molar refractivity (Wildman–Crippen MR) is 144 cm³/mol. The number of rotatable bonds is 11. The lowest BCUT2D eigenvalue weighted by Gasteiger charge is -2.28. The molecule has 1 unspecified atom stereocenters. The third-order valence-electron chi connectivity index (χ3n) is 6.53. The Balaban J connectivity index is 2.16. The molecule has 0 aromatic heterocycles. The highest BCUT2D eigenvalue weighted by Gasteiger charge is 2.27. The summed E-state index contributed by atoms with van der Waals surface area (Å²) in [6.45, 7) is 14.7. The molecule has 2 aromatic rings. The highest BCUT2D eigenvalue weighted by molar-refractivity contribution is 5.70. The fraction of sp³-hybridized carbons (Fsp3) is 0.581. The van der Waals surface area contributed by atoms with Gasteiger partial charge in [0.2, 0.25) is 0 Å². The first-order valence-corrected chi connectivity index (χ1v) is 13.2. The fourth-order valence-corrected chi connectivity index (χ4v) is 4.42. The first-order valence-electron chi connectivity index (χ1n) is 13.2. The molecule has 0 saturated carbocycles. The van der Waals surface area contributed by atoms with E-state index in [2.05, 4.69) is 48.5 Å². The molecular formula is C31H46O4. The van der Waals surface area contributed by atoms with Crippen LogP contribution in [0.2, 0.25) is 0 Å². The van der Waals surface area contributed by atoms with Crippen LogP contribution < -0.4 is 0 Å². The molecule has 0 amide bonds. The predicted octanol–water partition coefficient (Wildman–Crippen LogP) is 8.27. The SMILES string of the molecule is CCCCCCCC(OC(=O)CCc1cc(C(C)(C)C)c(O)c(C(C)(C)C)c1)c1ccccc1O. The first-order chi connectivity index (χ1) is 16.3. The quantitative estimate of drug-likeness (QED) is 0.250. The summed E-state index contributed by atoms with van der Waals surface area (Å²) in [7, 11) is 0. The van der Waals surface area contributed by atoms with Crippen molar-refractivity contribution in [2.24, 2.45) is 0 Å². The van der Waals surface area contributed by atoms with Gasteiger partial charge in [-0.15, -0.1) is 0 Å². The maximum absolute atomic E-state index is 12.9. The zero-order valence-electron chi connectivity index (χ0n) is 22.9. The lowest BCUT2D eigenvalue weighted by molar-refractivity contribution is -0.149. The Hall–Kier alpha value is -2.49. The standard InChI is InChI=1S/C31H46O4/c1-8-9-10-11-12-17-27(23-15-13-14-16-26(23)32)35-28(33)19-18-22-20-24(30(2,3)4)29(34)25(21-22)31(5,6)7/h13-16,20-21,27,32,34H,8-12,17-19H2,1-7H3. The van der Waals surface area contributed by atoms with Crippen molar-refractivity contribution in [3.63, 3.8) is 0 Å². The minimum atomic E-state index is -0.444. The van der Waals surface area contributed by atoms with Crippen LogP contribution in [0.5, 0.6) is 11.5 Å². The Kier molecular flexibility index (Phi) is 10.2. The van der Waals surface area contributed by atoms with Crippen LogP contribution >= 0.6 is 0 Å². The number of carbonyl (C=O) groups is 1. The summed E-state index contributed by atoms with van der Waals surface area (Å²) >= 11 is 0. The molecule has 4 heteroatoms. The summed E-state index contributed by atoms with van der Waals surface area (Å²) in [6.07, 6.45) is 6.65. The molecule has 0 heterocycles. The van der Waals surface area contributed by atoms with Crippen molar-refractivity contribution in [3.05, 3.63) is 58.7 Å². The summed E-state index contributed by atoms with van der Waals surface area (Å²) in [6, 6.07) is 11.2. The second kappa shape index (κ2) is 12.5. The average molecular weight is 483 g/mol. The molecule has 4 nitrogen and oxygen atoms in total. The summed E-state index contributed by atoms with van der Waals surface area (Å²) in [5, 5.41) is 21.3. The molecule has 2 N–H and O–H groups in total. The summed E-state index contributed by atoms with van der Waals surface area (Å²) in [5.74, 6) is 0.246. The number of esters is 1. The van der Waals surface area contributed by atoms with E-state index < -0.39 is 6.10 Å². The third-order valence-corrected chi connectivity index (χ3v) is 6.53. The smallest absolute Gasteiger partial charge is 0.306 e. The Labute approximate surface area is 212 Å². The lowest BCUT2D eigenvalue weighted by Crippen LogP contribution is -2.18. The van der Waals surface area contributed by atoms with Crippen molar-refractivity contribution in [1.82, 2.24) is 0 Å². The number of unbranched alkanes of at least 4 members (excludes halogenated alkanes) is 4. The van der Waals surface area contributed by atoms with E-state index in [1.165, 1.54) is 19.3 Å². The summed E-state index contributed by atoms with van der Waals surface area (Å²) < 4.78 is 5.92. The van der Waals surface area contributed by atoms with Crippen LogP contribution in [0.4, 0.5) is 0 Å². The Morgan fingerprint density at radius 2 is 1.46 bits per heavy atom. The molecule has 0 aliphatic heterocycles. The molecule has 0 aliphatic rings. The molecule has 1 atom stereocenters. The molecule has 194 valence electrons. The van der Waals surface area contributed by atoms with E-state index >= 15 is 0 Å². The minimum Gasteiger partial charge on any atom is -0.508 e. The highest BCUT2D eigenvalue weighted by atomic mass is 16.5. The van der Waals surface area contributed by atoms with Gasteiger partial charge in [0.1, 0.15) is 17.6 Å². The van der Waals surface area contributed by atoms with Gasteiger partial charge in [-0.05, 0) is 52.8 Å². The molecule has 2 aromatic carbocycles. The number of phenols is 2. The van der Waals surface area contributed by atoms with Crippen molar-refractivity contribution in [1.29, 1.82) is 0 Å². The maximum atomic E-state index is 12.9. The number of para-hydroxylation sites is 1. The van der Waals surface area contributed by atoms with Gasteiger partial charge in [0, 0.05) is 12.0 Å². The van der Waals surface area contributed by atoms with Crippen molar-refractivity contribution in [2.45, 2.75) is 117 Å². The Bertz CT molecular complexity index is 928. The van der Waals surface area contributed by atoms with E-state index in [0.717, 1.165) is 29.5 Å². The molecule has 0 spiro atoms. The van der Waals surface area contributed by atoms with E-state index in [9.17, 15) is 15.0 Å². The van der Waals surface area contributed by atoms with Crippen molar-refractivity contribution in [3.8, 4) is 11.5 Å². The van der Waals surface area contributed by atoms with Crippen molar-refractivity contribution >= 4 is 5.97 Å². The largest absolute Gasteiger partial charge is 0.508 e. The highest BCUT2D eigenvalue weighted by Crippen LogP contribution is 2.40. The first kappa shape index (κ1) is 28.7. The number of carbonyl (C=O) groups excluding carboxylic acids is 1. The molecule has 0 radical (unpaired) electrons. The number of phenolic OH excluding ortho intramolecular Hbond substituents is 2. The van der Waals surface area contributed by atoms with Crippen LogP contribution in [-0.2, 0) is 26.8 Å². The Morgan fingerprint density at radius 1 is 0.886 bits per heavy atom. The Morgan fingerprint density at radius 3 is 2.00 bits per heavy atom. The normalized spacial score (nSPS) is 13.0. The van der Waals surface area contributed by atoms with Gasteiger partial charge >= 0.3 is 5.97 Å². The van der Waals surface area contributed by atoms with E-state index in [-0.39, 0.29) is 29.0 Å². The number of hydrogen-bond donors (Lipinski definition) is 2.